The number of benzene rings is 1. The summed E-state index contributed by atoms with van der Waals surface area (Å²) < 4.78 is 26.5. The van der Waals surface area contributed by atoms with Crippen molar-refractivity contribution >= 4 is 15.7 Å². The van der Waals surface area contributed by atoms with E-state index in [-0.39, 0.29) is 11.6 Å². The normalized spacial score (nSPS) is 11.6. The average Bonchev–Trinajstić information content (AvgIpc) is 2.88. The van der Waals surface area contributed by atoms with E-state index in [1.54, 1.807) is 24.3 Å². The first-order valence-corrected chi connectivity index (χ1v) is 7.37. The highest BCUT2D eigenvalue weighted by Crippen LogP contribution is 2.09. The van der Waals surface area contributed by atoms with Gasteiger partial charge < -0.3 is 10.7 Å². The molecule has 0 aliphatic carbocycles. The van der Waals surface area contributed by atoms with E-state index < -0.39 is 10.0 Å². The van der Waals surface area contributed by atoms with Crippen LogP contribution >= 0.6 is 0 Å². The molecule has 102 valence electrons. The summed E-state index contributed by atoms with van der Waals surface area (Å²) >= 11 is 0. The molecule has 19 heavy (non-hydrogen) atoms. The second-order valence-electron chi connectivity index (χ2n) is 4.11. The van der Waals surface area contributed by atoms with Crippen molar-refractivity contribution in [3.8, 4) is 0 Å². The van der Waals surface area contributed by atoms with Gasteiger partial charge >= 0.3 is 0 Å². The molecular formula is C12H16N4O2S. The van der Waals surface area contributed by atoms with Gasteiger partial charge in [0.25, 0.3) is 10.0 Å². The number of hydrogen-bond donors (Lipinski definition) is 3. The fraction of sp³-hybridized carbons (Fsp3) is 0.250. The van der Waals surface area contributed by atoms with Crippen molar-refractivity contribution in [1.29, 1.82) is 0 Å². The van der Waals surface area contributed by atoms with Gasteiger partial charge in [-0.1, -0.05) is 19.1 Å². The van der Waals surface area contributed by atoms with Crippen molar-refractivity contribution < 1.29 is 8.42 Å². The first kappa shape index (κ1) is 13.6. The Kier molecular flexibility index (Phi) is 3.87. The van der Waals surface area contributed by atoms with E-state index in [1.165, 1.54) is 6.20 Å². The lowest BCUT2D eigenvalue weighted by atomic mass is 10.2. The lowest BCUT2D eigenvalue weighted by Gasteiger charge is -2.05. The lowest BCUT2D eigenvalue weighted by molar-refractivity contribution is 0.578. The quantitative estimate of drug-likeness (QED) is 0.712. The Morgan fingerprint density at radius 3 is 2.58 bits per heavy atom. The molecule has 0 unspecified atom stereocenters. The van der Waals surface area contributed by atoms with E-state index >= 15 is 0 Å². The third kappa shape index (κ3) is 3.33. The first-order chi connectivity index (χ1) is 9.01. The lowest BCUT2D eigenvalue weighted by Crippen LogP contribution is -2.23. The van der Waals surface area contributed by atoms with E-state index in [4.69, 9.17) is 5.73 Å². The molecule has 0 saturated carbocycles. The highest BCUT2D eigenvalue weighted by molar-refractivity contribution is 7.89. The van der Waals surface area contributed by atoms with Gasteiger partial charge in [0.15, 0.2) is 5.03 Å². The largest absolute Gasteiger partial charge is 0.399 e. The minimum Gasteiger partial charge on any atom is -0.399 e. The van der Waals surface area contributed by atoms with Crippen LogP contribution in [-0.2, 0) is 23.0 Å². The minimum absolute atomic E-state index is 0.0831. The number of nitrogens with zero attached hydrogens (tertiary/aromatic N) is 1. The fourth-order valence-corrected chi connectivity index (χ4v) is 2.51. The molecule has 0 bridgehead atoms. The van der Waals surface area contributed by atoms with Crippen LogP contribution in [0.15, 0.2) is 35.5 Å². The van der Waals surface area contributed by atoms with Crippen molar-refractivity contribution in [2.24, 2.45) is 0 Å². The minimum atomic E-state index is -3.56. The molecule has 0 saturated heterocycles. The monoisotopic (exact) mass is 280 g/mol. The Labute approximate surface area is 112 Å². The van der Waals surface area contributed by atoms with Crippen LogP contribution < -0.4 is 10.5 Å². The highest BCUT2D eigenvalue weighted by atomic mass is 32.2. The number of hydrogen-bond acceptors (Lipinski definition) is 4. The van der Waals surface area contributed by atoms with E-state index in [1.807, 2.05) is 6.92 Å². The predicted molar refractivity (Wildman–Crippen MR) is 72.8 cm³/mol. The number of nitrogen functional groups attached to an aromatic ring is 1. The second kappa shape index (κ2) is 5.41. The molecule has 0 atom stereocenters. The van der Waals surface area contributed by atoms with Gasteiger partial charge in [0.05, 0.1) is 6.20 Å². The third-order valence-corrected chi connectivity index (χ3v) is 3.99. The Bertz CT molecular complexity index is 647. The second-order valence-corrected chi connectivity index (χ2v) is 5.85. The molecule has 6 nitrogen and oxygen atoms in total. The van der Waals surface area contributed by atoms with Crippen LogP contribution in [0, 0.1) is 0 Å². The van der Waals surface area contributed by atoms with Gasteiger partial charge in [-0.05, 0) is 17.7 Å². The number of sulfonamides is 1. The van der Waals surface area contributed by atoms with Gasteiger partial charge in [-0.25, -0.2) is 18.1 Å². The summed E-state index contributed by atoms with van der Waals surface area (Å²) in [7, 11) is -3.56. The number of aryl methyl sites for hydroxylation is 1. The van der Waals surface area contributed by atoms with Gasteiger partial charge in [0, 0.05) is 18.7 Å². The molecule has 0 fully saturated rings. The van der Waals surface area contributed by atoms with E-state index in [2.05, 4.69) is 14.7 Å². The van der Waals surface area contributed by atoms with Crippen LogP contribution in [0.25, 0.3) is 0 Å². The topological polar surface area (TPSA) is 101 Å². The molecular weight excluding hydrogens is 264 g/mol. The molecule has 1 heterocycles. The van der Waals surface area contributed by atoms with Crippen molar-refractivity contribution in [3.05, 3.63) is 41.9 Å². The van der Waals surface area contributed by atoms with Crippen molar-refractivity contribution in [2.45, 2.75) is 24.9 Å². The summed E-state index contributed by atoms with van der Waals surface area (Å²) in [5.74, 6) is 0.646. The van der Waals surface area contributed by atoms with E-state index in [9.17, 15) is 8.42 Å². The molecule has 0 aliphatic rings. The Hall–Kier alpha value is -1.86. The summed E-state index contributed by atoms with van der Waals surface area (Å²) in [6.45, 7) is 2.11. The molecule has 0 amide bonds. The molecule has 4 N–H and O–H groups in total. The SMILES string of the molecule is CCc1ncc(S(=O)(=O)NCc2ccc(N)cc2)[nH]1. The summed E-state index contributed by atoms with van der Waals surface area (Å²) in [5.41, 5.74) is 7.05. The zero-order chi connectivity index (χ0) is 13.9. The Morgan fingerprint density at radius 2 is 2.00 bits per heavy atom. The Morgan fingerprint density at radius 1 is 1.32 bits per heavy atom. The number of nitrogens with two attached hydrogens (primary N) is 1. The van der Waals surface area contributed by atoms with Crippen LogP contribution in [0.3, 0.4) is 0 Å². The first-order valence-electron chi connectivity index (χ1n) is 5.89. The maximum Gasteiger partial charge on any atom is 0.257 e. The maximum atomic E-state index is 12.0. The number of aromatic nitrogens is 2. The van der Waals surface area contributed by atoms with Crippen molar-refractivity contribution in [1.82, 2.24) is 14.7 Å². The van der Waals surface area contributed by atoms with Crippen molar-refractivity contribution in [2.75, 3.05) is 5.73 Å². The summed E-state index contributed by atoms with van der Waals surface area (Å²) in [6, 6.07) is 7.02. The highest BCUT2D eigenvalue weighted by Gasteiger charge is 2.16. The zero-order valence-corrected chi connectivity index (χ0v) is 11.4. The number of rotatable bonds is 5. The number of aromatic amines is 1. The summed E-state index contributed by atoms with van der Waals surface area (Å²) in [6.07, 6.45) is 1.98. The van der Waals surface area contributed by atoms with Gasteiger partial charge in [-0.15, -0.1) is 0 Å². The zero-order valence-electron chi connectivity index (χ0n) is 10.6. The number of anilines is 1. The molecule has 2 aromatic rings. The molecule has 1 aromatic carbocycles. The number of imidazole rings is 1. The summed E-state index contributed by atoms with van der Waals surface area (Å²) in [4.78, 5) is 6.74. The smallest absolute Gasteiger partial charge is 0.257 e. The number of H-pyrrole nitrogens is 1. The number of nitrogens with one attached hydrogen (secondary N) is 2. The molecule has 0 aliphatic heterocycles. The molecule has 2 rings (SSSR count). The molecule has 0 radical (unpaired) electrons. The summed E-state index contributed by atoms with van der Waals surface area (Å²) in [5, 5.41) is 0.0831. The van der Waals surface area contributed by atoms with Crippen molar-refractivity contribution in [3.63, 3.8) is 0 Å². The van der Waals surface area contributed by atoms with Crippen LogP contribution in [0.5, 0.6) is 0 Å². The molecule has 0 spiro atoms. The third-order valence-electron chi connectivity index (χ3n) is 2.68. The predicted octanol–water partition coefficient (Wildman–Crippen LogP) is 1.03. The van der Waals surface area contributed by atoms with Gasteiger partial charge in [-0.2, -0.15) is 0 Å². The van der Waals surface area contributed by atoms with E-state index in [0.717, 1.165) is 5.56 Å². The van der Waals surface area contributed by atoms with Crippen LogP contribution in [0.2, 0.25) is 0 Å². The average molecular weight is 280 g/mol. The molecule has 1 aromatic heterocycles. The van der Waals surface area contributed by atoms with E-state index in [0.29, 0.717) is 17.9 Å². The van der Waals surface area contributed by atoms with Gasteiger partial charge in [0.2, 0.25) is 0 Å². The van der Waals surface area contributed by atoms with Gasteiger partial charge in [-0.3, -0.25) is 0 Å². The van der Waals surface area contributed by atoms with Crippen LogP contribution in [0.4, 0.5) is 5.69 Å². The Balaban J connectivity index is 2.07. The maximum absolute atomic E-state index is 12.0. The van der Waals surface area contributed by atoms with Crippen LogP contribution in [0.1, 0.15) is 18.3 Å². The standard InChI is InChI=1S/C12H16N4O2S/c1-2-11-14-8-12(16-11)19(17,18)15-7-9-3-5-10(13)6-4-9/h3-6,8,15H,2,7,13H2,1H3,(H,14,16). The van der Waals surface area contributed by atoms with Gasteiger partial charge in [0.1, 0.15) is 5.82 Å². The molecule has 7 heteroatoms. The van der Waals surface area contributed by atoms with Crippen LogP contribution in [-0.4, -0.2) is 18.4 Å². The fourth-order valence-electron chi connectivity index (χ4n) is 1.55.